The Kier molecular flexibility index (Phi) is 2.92. The zero-order valence-corrected chi connectivity index (χ0v) is 12.2. The molecular formula is C20H18O. The molecule has 1 nitrogen and oxygen atoms in total. The Bertz CT molecular complexity index is 836. The Morgan fingerprint density at radius 2 is 1.90 bits per heavy atom. The minimum atomic E-state index is 0.971. The first-order valence-electron chi connectivity index (χ1n) is 7.65. The molecule has 0 bridgehead atoms. The van der Waals surface area contributed by atoms with Crippen molar-refractivity contribution in [1.29, 1.82) is 0 Å². The summed E-state index contributed by atoms with van der Waals surface area (Å²) >= 11 is 0. The highest BCUT2D eigenvalue weighted by Crippen LogP contribution is 2.36. The molecule has 0 radical (unpaired) electrons. The van der Waals surface area contributed by atoms with Gasteiger partial charge in [-0.3, -0.25) is 0 Å². The molecule has 3 aromatic rings. The Balaban J connectivity index is 1.77. The topological polar surface area (TPSA) is 13.1 Å². The van der Waals surface area contributed by atoms with Crippen molar-refractivity contribution in [1.82, 2.24) is 0 Å². The third kappa shape index (κ3) is 2.09. The summed E-state index contributed by atoms with van der Waals surface area (Å²) in [6.07, 6.45) is 5.41. The number of aryl methyl sites for hydroxylation is 1. The zero-order valence-electron chi connectivity index (χ0n) is 12.2. The van der Waals surface area contributed by atoms with Crippen LogP contribution < -0.4 is 0 Å². The van der Waals surface area contributed by atoms with Gasteiger partial charge in [-0.15, -0.1) is 0 Å². The van der Waals surface area contributed by atoms with E-state index >= 15 is 0 Å². The minimum Gasteiger partial charge on any atom is -0.461 e. The highest BCUT2D eigenvalue weighted by atomic mass is 16.3. The summed E-state index contributed by atoms with van der Waals surface area (Å²) in [6.45, 7) is 2.18. The molecule has 1 aliphatic carbocycles. The van der Waals surface area contributed by atoms with Crippen LogP contribution in [0.5, 0.6) is 0 Å². The van der Waals surface area contributed by atoms with Crippen molar-refractivity contribution < 1.29 is 4.42 Å². The molecule has 0 atom stereocenters. The Hall–Kier alpha value is -2.28. The number of fused-ring (bicyclic) bond motifs is 3. The van der Waals surface area contributed by atoms with Gasteiger partial charge in [-0.2, -0.15) is 0 Å². The van der Waals surface area contributed by atoms with Crippen LogP contribution in [0.15, 0.2) is 52.9 Å². The van der Waals surface area contributed by atoms with Crippen LogP contribution in [-0.2, 0) is 12.8 Å². The molecule has 0 spiro atoms. The monoisotopic (exact) mass is 274 g/mol. The lowest BCUT2D eigenvalue weighted by molar-refractivity contribution is 0.495. The largest absolute Gasteiger partial charge is 0.461 e. The molecule has 1 aromatic heterocycles. The van der Waals surface area contributed by atoms with E-state index in [9.17, 15) is 0 Å². The summed E-state index contributed by atoms with van der Waals surface area (Å²) in [4.78, 5) is 0. The highest BCUT2D eigenvalue weighted by Gasteiger charge is 2.18. The fraction of sp³-hybridized carbons (Fsp3) is 0.200. The van der Waals surface area contributed by atoms with Crippen LogP contribution in [0.4, 0.5) is 0 Å². The van der Waals surface area contributed by atoms with Crippen molar-refractivity contribution in [3.05, 3.63) is 71.2 Å². The smallest absolute Gasteiger partial charge is 0.130 e. The number of benzene rings is 2. The van der Waals surface area contributed by atoms with Crippen LogP contribution in [0.1, 0.15) is 36.0 Å². The lowest BCUT2D eigenvalue weighted by Gasteiger charge is -2.03. The number of rotatable bonds is 3. The van der Waals surface area contributed by atoms with E-state index in [1.807, 2.05) is 0 Å². The average molecular weight is 274 g/mol. The predicted molar refractivity (Wildman–Crippen MR) is 88.2 cm³/mol. The molecule has 1 aliphatic rings. The second-order valence-electron chi connectivity index (χ2n) is 5.72. The second kappa shape index (κ2) is 4.92. The fourth-order valence-corrected chi connectivity index (χ4v) is 3.19. The maximum absolute atomic E-state index is 5.98. The van der Waals surface area contributed by atoms with Gasteiger partial charge < -0.3 is 4.42 Å². The number of hydrogen-bond acceptors (Lipinski definition) is 1. The van der Waals surface area contributed by atoms with E-state index < -0.39 is 0 Å². The third-order valence-corrected chi connectivity index (χ3v) is 4.24. The maximum Gasteiger partial charge on any atom is 0.130 e. The molecule has 1 heterocycles. The van der Waals surface area contributed by atoms with E-state index in [-0.39, 0.29) is 0 Å². The quantitative estimate of drug-likeness (QED) is 0.616. The molecule has 0 fully saturated rings. The highest BCUT2D eigenvalue weighted by molar-refractivity contribution is 6.00. The summed E-state index contributed by atoms with van der Waals surface area (Å²) in [5, 5.41) is 2.64. The van der Waals surface area contributed by atoms with Crippen LogP contribution in [0.2, 0.25) is 0 Å². The summed E-state index contributed by atoms with van der Waals surface area (Å²) in [5.74, 6) is 2.12. The summed E-state index contributed by atoms with van der Waals surface area (Å²) in [5.41, 5.74) is 4.05. The zero-order chi connectivity index (χ0) is 14.2. The van der Waals surface area contributed by atoms with Crippen molar-refractivity contribution >= 4 is 22.4 Å². The molecule has 0 saturated carbocycles. The van der Waals surface area contributed by atoms with E-state index in [1.54, 1.807) is 0 Å². The molecule has 0 unspecified atom stereocenters. The molecule has 1 heteroatoms. The number of furan rings is 1. The second-order valence-corrected chi connectivity index (χ2v) is 5.72. The molecule has 2 aromatic carbocycles. The van der Waals surface area contributed by atoms with Gasteiger partial charge in [0.15, 0.2) is 0 Å². The van der Waals surface area contributed by atoms with Gasteiger partial charge in [0.2, 0.25) is 0 Å². The van der Waals surface area contributed by atoms with Crippen LogP contribution in [-0.4, -0.2) is 0 Å². The molecule has 0 aliphatic heterocycles. The molecule has 0 N–H and O–H groups in total. The molecule has 0 amide bonds. The molecule has 0 saturated heterocycles. The van der Waals surface area contributed by atoms with E-state index in [0.29, 0.717) is 0 Å². The first kappa shape index (κ1) is 12.5. The van der Waals surface area contributed by atoms with E-state index in [1.165, 1.54) is 27.5 Å². The standard InChI is InChI=1S/C20H18O/c1-2-5-17-10-11-20(21-17)16-12-15-9-8-14-6-3-4-7-18(14)19(15)13-16/h3-4,6-11,13H,2,5,12H2,1H3. The number of hydrogen-bond donors (Lipinski definition) is 0. The number of allylic oxidation sites excluding steroid dienone is 1. The lowest BCUT2D eigenvalue weighted by Crippen LogP contribution is -1.85. The Morgan fingerprint density at radius 3 is 2.81 bits per heavy atom. The van der Waals surface area contributed by atoms with Crippen molar-refractivity contribution in [3.63, 3.8) is 0 Å². The van der Waals surface area contributed by atoms with Gasteiger partial charge in [0.05, 0.1) is 0 Å². The van der Waals surface area contributed by atoms with Gasteiger partial charge in [0.1, 0.15) is 11.5 Å². The van der Waals surface area contributed by atoms with Crippen LogP contribution in [0.25, 0.3) is 22.4 Å². The van der Waals surface area contributed by atoms with Crippen molar-refractivity contribution in [2.24, 2.45) is 0 Å². The normalized spacial score (nSPS) is 13.5. The van der Waals surface area contributed by atoms with Crippen LogP contribution in [0.3, 0.4) is 0 Å². The van der Waals surface area contributed by atoms with Crippen molar-refractivity contribution in [2.75, 3.05) is 0 Å². The Labute approximate surface area is 124 Å². The fourth-order valence-electron chi connectivity index (χ4n) is 3.19. The maximum atomic E-state index is 5.98. The van der Waals surface area contributed by atoms with E-state index in [4.69, 9.17) is 4.42 Å². The first-order valence-corrected chi connectivity index (χ1v) is 7.65. The first-order chi connectivity index (χ1) is 10.3. The van der Waals surface area contributed by atoms with Crippen LogP contribution in [0, 0.1) is 0 Å². The summed E-state index contributed by atoms with van der Waals surface area (Å²) in [6, 6.07) is 17.3. The van der Waals surface area contributed by atoms with Crippen LogP contribution >= 0.6 is 0 Å². The van der Waals surface area contributed by atoms with Crippen molar-refractivity contribution in [2.45, 2.75) is 26.2 Å². The van der Waals surface area contributed by atoms with Gasteiger partial charge in [0.25, 0.3) is 0 Å². The summed E-state index contributed by atoms with van der Waals surface area (Å²) < 4.78 is 5.98. The van der Waals surface area contributed by atoms with Gasteiger partial charge >= 0.3 is 0 Å². The molecule has 21 heavy (non-hydrogen) atoms. The van der Waals surface area contributed by atoms with Gasteiger partial charge in [-0.05, 0) is 52.1 Å². The van der Waals surface area contributed by atoms with E-state index in [0.717, 1.165) is 30.8 Å². The van der Waals surface area contributed by atoms with Gasteiger partial charge in [-0.1, -0.05) is 43.3 Å². The SMILES string of the molecule is CCCc1ccc(C2=Cc3c(ccc4ccccc34)C2)o1. The predicted octanol–water partition coefficient (Wildman–Crippen LogP) is 5.48. The average Bonchev–Trinajstić information content (AvgIpc) is 3.13. The molecular weight excluding hydrogens is 256 g/mol. The summed E-state index contributed by atoms with van der Waals surface area (Å²) in [7, 11) is 0. The molecule has 104 valence electrons. The lowest BCUT2D eigenvalue weighted by atomic mass is 10.0. The van der Waals surface area contributed by atoms with Crippen molar-refractivity contribution in [3.8, 4) is 0 Å². The Morgan fingerprint density at radius 1 is 1.00 bits per heavy atom. The molecule has 4 rings (SSSR count). The van der Waals surface area contributed by atoms with E-state index in [2.05, 4.69) is 61.5 Å². The third-order valence-electron chi connectivity index (χ3n) is 4.24. The van der Waals surface area contributed by atoms with Gasteiger partial charge in [0, 0.05) is 12.8 Å². The minimum absolute atomic E-state index is 0.971. The van der Waals surface area contributed by atoms with Gasteiger partial charge in [-0.25, -0.2) is 0 Å².